The van der Waals surface area contributed by atoms with Crippen LogP contribution in [0.5, 0.6) is 0 Å². The SMILES string of the molecule is C=C(C)c1ccc(C(C)(C)C)c(NCC)c1.C=C(OC)c1ccc(C(N)=O)cc1. The summed E-state index contributed by atoms with van der Waals surface area (Å²) in [7, 11) is 1.55. The number of carbonyl (C=O) groups excluding carboxylic acids is 1. The number of methoxy groups -OCH3 is 1. The highest BCUT2D eigenvalue weighted by Crippen LogP contribution is 2.31. The molecule has 0 aliphatic carbocycles. The number of amides is 1. The van der Waals surface area contributed by atoms with Crippen LogP contribution in [0.3, 0.4) is 0 Å². The van der Waals surface area contributed by atoms with Crippen LogP contribution in [0.2, 0.25) is 0 Å². The molecule has 4 heteroatoms. The van der Waals surface area contributed by atoms with E-state index in [1.54, 1.807) is 31.4 Å². The highest BCUT2D eigenvalue weighted by atomic mass is 16.5. The zero-order chi connectivity index (χ0) is 22.2. The first kappa shape index (κ1) is 24.0. The van der Waals surface area contributed by atoms with Gasteiger partial charge in [-0.25, -0.2) is 0 Å². The lowest BCUT2D eigenvalue weighted by Crippen LogP contribution is -2.15. The summed E-state index contributed by atoms with van der Waals surface area (Å²) in [4.78, 5) is 10.7. The number of nitrogens with two attached hydrogens (primary N) is 1. The Morgan fingerprint density at radius 2 is 1.55 bits per heavy atom. The fourth-order valence-electron chi connectivity index (χ4n) is 2.74. The third kappa shape index (κ3) is 7.15. The molecule has 2 aromatic rings. The normalized spacial score (nSPS) is 10.4. The van der Waals surface area contributed by atoms with Crippen molar-refractivity contribution in [3.8, 4) is 0 Å². The number of hydrogen-bond acceptors (Lipinski definition) is 3. The van der Waals surface area contributed by atoms with Crippen molar-refractivity contribution in [1.29, 1.82) is 0 Å². The molecule has 0 bridgehead atoms. The summed E-state index contributed by atoms with van der Waals surface area (Å²) in [5.74, 6) is 0.130. The van der Waals surface area contributed by atoms with E-state index in [1.165, 1.54) is 16.8 Å². The molecule has 2 rings (SSSR count). The Morgan fingerprint density at radius 1 is 1.03 bits per heavy atom. The quantitative estimate of drug-likeness (QED) is 0.604. The maximum absolute atomic E-state index is 10.7. The van der Waals surface area contributed by atoms with E-state index in [4.69, 9.17) is 10.5 Å². The Labute approximate surface area is 175 Å². The minimum atomic E-state index is -0.436. The molecule has 0 spiro atoms. The van der Waals surface area contributed by atoms with Crippen LogP contribution in [0.15, 0.2) is 55.6 Å². The third-order valence-corrected chi connectivity index (χ3v) is 4.43. The molecule has 156 valence electrons. The van der Waals surface area contributed by atoms with Gasteiger partial charge in [0.25, 0.3) is 0 Å². The Hall–Kier alpha value is -3.01. The lowest BCUT2D eigenvalue weighted by Gasteiger charge is -2.24. The first-order valence-corrected chi connectivity index (χ1v) is 9.68. The maximum atomic E-state index is 10.7. The van der Waals surface area contributed by atoms with Gasteiger partial charge in [-0.3, -0.25) is 4.79 Å². The highest BCUT2D eigenvalue weighted by Gasteiger charge is 2.17. The van der Waals surface area contributed by atoms with E-state index >= 15 is 0 Å². The maximum Gasteiger partial charge on any atom is 0.248 e. The predicted molar refractivity (Wildman–Crippen MR) is 125 cm³/mol. The molecule has 3 N–H and O–H groups in total. The molecule has 0 saturated carbocycles. The van der Waals surface area contributed by atoms with Crippen molar-refractivity contribution < 1.29 is 9.53 Å². The van der Waals surface area contributed by atoms with Gasteiger partial charge in [-0.05, 0) is 48.6 Å². The van der Waals surface area contributed by atoms with Crippen LogP contribution in [0.25, 0.3) is 11.3 Å². The summed E-state index contributed by atoms with van der Waals surface area (Å²) < 4.78 is 4.93. The number of allylic oxidation sites excluding steroid dienone is 1. The number of anilines is 1. The number of hydrogen-bond donors (Lipinski definition) is 2. The van der Waals surface area contributed by atoms with E-state index in [1.807, 2.05) is 6.92 Å². The fraction of sp³-hybridized carbons (Fsp3) is 0.320. The van der Waals surface area contributed by atoms with E-state index in [-0.39, 0.29) is 5.41 Å². The van der Waals surface area contributed by atoms with Crippen molar-refractivity contribution in [3.05, 3.63) is 77.9 Å². The molecule has 0 aromatic heterocycles. The molecule has 1 amide bonds. The van der Waals surface area contributed by atoms with E-state index in [9.17, 15) is 4.79 Å². The lowest BCUT2D eigenvalue weighted by molar-refractivity contribution is 0.100. The van der Waals surface area contributed by atoms with Crippen molar-refractivity contribution in [2.24, 2.45) is 5.73 Å². The van der Waals surface area contributed by atoms with Crippen LogP contribution >= 0.6 is 0 Å². The van der Waals surface area contributed by atoms with Gasteiger partial charge >= 0.3 is 0 Å². The zero-order valence-corrected chi connectivity index (χ0v) is 18.6. The summed E-state index contributed by atoms with van der Waals surface area (Å²) in [6, 6.07) is 13.3. The Morgan fingerprint density at radius 3 is 1.97 bits per heavy atom. The summed E-state index contributed by atoms with van der Waals surface area (Å²) in [6.07, 6.45) is 0. The molecule has 0 saturated heterocycles. The van der Waals surface area contributed by atoms with Crippen molar-refractivity contribution in [1.82, 2.24) is 0 Å². The molecule has 0 radical (unpaired) electrons. The molecule has 0 atom stereocenters. The monoisotopic (exact) mass is 394 g/mol. The van der Waals surface area contributed by atoms with E-state index in [0.717, 1.165) is 17.7 Å². The smallest absolute Gasteiger partial charge is 0.248 e. The Bertz CT molecular complexity index is 859. The van der Waals surface area contributed by atoms with Crippen molar-refractivity contribution >= 4 is 22.9 Å². The van der Waals surface area contributed by atoms with Crippen LogP contribution in [0.4, 0.5) is 5.69 Å². The second kappa shape index (κ2) is 10.5. The third-order valence-electron chi connectivity index (χ3n) is 4.43. The molecule has 0 heterocycles. The van der Waals surface area contributed by atoms with Gasteiger partial charge < -0.3 is 15.8 Å². The van der Waals surface area contributed by atoms with Gasteiger partial charge in [0.1, 0.15) is 5.76 Å². The molecule has 0 fully saturated rings. The van der Waals surface area contributed by atoms with Crippen LogP contribution in [0.1, 0.15) is 61.7 Å². The Kier molecular flexibility index (Phi) is 8.71. The summed E-state index contributed by atoms with van der Waals surface area (Å²) in [5, 5.41) is 3.44. The van der Waals surface area contributed by atoms with Gasteiger partial charge in [0, 0.05) is 23.4 Å². The fourth-order valence-corrected chi connectivity index (χ4v) is 2.74. The lowest BCUT2D eigenvalue weighted by atomic mass is 9.84. The van der Waals surface area contributed by atoms with Gasteiger partial charge in [0.2, 0.25) is 5.91 Å². The molecular weight excluding hydrogens is 360 g/mol. The van der Waals surface area contributed by atoms with Crippen molar-refractivity contribution in [3.63, 3.8) is 0 Å². The van der Waals surface area contributed by atoms with Gasteiger partial charge in [-0.15, -0.1) is 0 Å². The minimum Gasteiger partial charge on any atom is -0.497 e. The first-order valence-electron chi connectivity index (χ1n) is 9.68. The second-order valence-electron chi connectivity index (χ2n) is 7.89. The number of carbonyl (C=O) groups is 1. The largest absolute Gasteiger partial charge is 0.497 e. The second-order valence-corrected chi connectivity index (χ2v) is 7.89. The molecule has 0 unspecified atom stereocenters. The van der Waals surface area contributed by atoms with Crippen LogP contribution < -0.4 is 11.1 Å². The van der Waals surface area contributed by atoms with E-state index in [0.29, 0.717) is 11.3 Å². The minimum absolute atomic E-state index is 0.172. The van der Waals surface area contributed by atoms with Gasteiger partial charge in [-0.1, -0.05) is 63.8 Å². The van der Waals surface area contributed by atoms with Crippen LogP contribution in [0, 0.1) is 0 Å². The van der Waals surface area contributed by atoms with Gasteiger partial charge in [-0.2, -0.15) is 0 Å². The molecule has 0 aliphatic rings. The highest BCUT2D eigenvalue weighted by molar-refractivity contribution is 5.93. The van der Waals surface area contributed by atoms with Crippen LogP contribution in [-0.2, 0) is 10.2 Å². The number of ether oxygens (including phenoxy) is 1. The molecular formula is C25H34N2O2. The standard InChI is InChI=1S/C15H23N.C10H11NO2/c1-7-16-14-10-12(11(2)3)8-9-13(14)15(4,5)6;1-7(13-2)8-3-5-9(6-4-8)10(11)12/h8-10,16H,2,7H2,1,3-6H3;3-6H,1H2,2H3,(H2,11,12). The topological polar surface area (TPSA) is 64.3 Å². The van der Waals surface area contributed by atoms with Gasteiger partial charge in [0.15, 0.2) is 0 Å². The number of nitrogens with one attached hydrogen (secondary N) is 1. The van der Waals surface area contributed by atoms with Gasteiger partial charge in [0.05, 0.1) is 7.11 Å². The number of benzene rings is 2. The van der Waals surface area contributed by atoms with Crippen molar-refractivity contribution in [2.45, 2.75) is 40.0 Å². The molecule has 2 aromatic carbocycles. The van der Waals surface area contributed by atoms with Crippen LogP contribution in [-0.4, -0.2) is 19.6 Å². The Balaban J connectivity index is 0.000000296. The number of rotatable bonds is 6. The molecule has 4 nitrogen and oxygen atoms in total. The predicted octanol–water partition coefficient (Wildman–Crippen LogP) is 5.85. The zero-order valence-electron chi connectivity index (χ0n) is 18.6. The average molecular weight is 395 g/mol. The average Bonchev–Trinajstić information content (AvgIpc) is 2.67. The summed E-state index contributed by atoms with van der Waals surface area (Å²) in [5.41, 5.74) is 11.5. The van der Waals surface area contributed by atoms with E-state index < -0.39 is 5.91 Å². The van der Waals surface area contributed by atoms with E-state index in [2.05, 4.69) is 64.4 Å². The molecule has 29 heavy (non-hydrogen) atoms. The first-order chi connectivity index (χ1) is 13.5. The van der Waals surface area contributed by atoms with Crippen molar-refractivity contribution in [2.75, 3.05) is 19.0 Å². The summed E-state index contributed by atoms with van der Waals surface area (Å²) in [6.45, 7) is 19.5. The molecule has 0 aliphatic heterocycles. The number of primary amides is 1. The summed E-state index contributed by atoms with van der Waals surface area (Å²) >= 11 is 0.